The minimum absolute atomic E-state index is 0.0142. The number of hydrogen-bond donors (Lipinski definition) is 1. The zero-order valence-corrected chi connectivity index (χ0v) is 26.7. The Bertz CT molecular complexity index is 1020. The lowest BCUT2D eigenvalue weighted by molar-refractivity contribution is -0.191. The van der Waals surface area contributed by atoms with E-state index in [0.29, 0.717) is 34.0 Å². The molecule has 1 aliphatic heterocycles. The number of esters is 1. The average molecular weight is 572 g/mol. The Morgan fingerprint density at radius 1 is 0.902 bits per heavy atom. The number of rotatable bonds is 4. The molecule has 41 heavy (non-hydrogen) atoms. The molecule has 6 heteroatoms. The third-order valence-corrected chi connectivity index (χ3v) is 13.9. The van der Waals surface area contributed by atoms with Crippen LogP contribution in [0.4, 0.5) is 4.79 Å². The first-order chi connectivity index (χ1) is 19.3. The molecule has 6 saturated carbocycles. The van der Waals surface area contributed by atoms with E-state index in [4.69, 9.17) is 19.9 Å². The Hall–Kier alpha value is -1.30. The summed E-state index contributed by atoms with van der Waals surface area (Å²) in [6, 6.07) is 0. The first kappa shape index (κ1) is 29.8. The van der Waals surface area contributed by atoms with Crippen molar-refractivity contribution in [3.63, 3.8) is 0 Å². The van der Waals surface area contributed by atoms with E-state index < -0.39 is 6.09 Å². The molecule has 6 aliphatic carbocycles. The third-order valence-electron chi connectivity index (χ3n) is 13.9. The largest absolute Gasteiger partial charge is 0.462 e. The molecule has 9 unspecified atom stereocenters. The van der Waals surface area contributed by atoms with Crippen molar-refractivity contribution in [2.75, 3.05) is 0 Å². The van der Waals surface area contributed by atoms with Crippen LogP contribution in [-0.4, -0.2) is 36.5 Å². The first-order valence-corrected chi connectivity index (χ1v) is 17.1. The van der Waals surface area contributed by atoms with E-state index in [-0.39, 0.29) is 41.7 Å². The van der Waals surface area contributed by atoms with Crippen LogP contribution in [0.1, 0.15) is 131 Å². The monoisotopic (exact) mass is 571 g/mol. The van der Waals surface area contributed by atoms with Gasteiger partial charge >= 0.3 is 12.1 Å². The van der Waals surface area contributed by atoms with Gasteiger partial charge in [-0.1, -0.05) is 41.0 Å². The summed E-state index contributed by atoms with van der Waals surface area (Å²) in [6.07, 6.45) is 16.8. The third kappa shape index (κ3) is 4.94. The van der Waals surface area contributed by atoms with E-state index >= 15 is 0 Å². The van der Waals surface area contributed by atoms with E-state index in [0.717, 1.165) is 31.6 Å². The maximum Gasteiger partial charge on any atom is 0.404 e. The Morgan fingerprint density at radius 2 is 1.63 bits per heavy atom. The first-order valence-electron chi connectivity index (χ1n) is 17.1. The van der Waals surface area contributed by atoms with Gasteiger partial charge in [-0.2, -0.15) is 0 Å². The van der Waals surface area contributed by atoms with Crippen molar-refractivity contribution in [2.24, 2.45) is 57.0 Å². The van der Waals surface area contributed by atoms with Crippen LogP contribution in [0.15, 0.2) is 0 Å². The molecule has 7 aliphatic rings. The molecule has 0 radical (unpaired) electrons. The number of hydrogen-bond acceptors (Lipinski definition) is 5. The van der Waals surface area contributed by atoms with E-state index in [2.05, 4.69) is 34.6 Å². The van der Waals surface area contributed by atoms with Crippen molar-refractivity contribution in [2.45, 2.75) is 156 Å². The lowest BCUT2D eigenvalue weighted by Gasteiger charge is -2.64. The summed E-state index contributed by atoms with van der Waals surface area (Å²) in [5.41, 5.74) is 6.77. The van der Waals surface area contributed by atoms with Gasteiger partial charge < -0.3 is 19.9 Å². The van der Waals surface area contributed by atoms with Crippen molar-refractivity contribution in [3.05, 3.63) is 0 Å². The molecule has 2 bridgehead atoms. The Balaban J connectivity index is 1.26. The molecule has 2 spiro atoms. The summed E-state index contributed by atoms with van der Waals surface area (Å²) in [5, 5.41) is 0. The van der Waals surface area contributed by atoms with Crippen molar-refractivity contribution in [1.82, 2.24) is 0 Å². The van der Waals surface area contributed by atoms with Crippen LogP contribution in [0, 0.1) is 51.2 Å². The van der Waals surface area contributed by atoms with Gasteiger partial charge in [0.25, 0.3) is 0 Å². The molecule has 6 nitrogen and oxygen atoms in total. The fraction of sp³-hybridized carbons (Fsp3) is 0.943. The smallest absolute Gasteiger partial charge is 0.404 e. The Morgan fingerprint density at radius 3 is 2.32 bits per heavy atom. The van der Waals surface area contributed by atoms with Crippen molar-refractivity contribution < 1.29 is 23.8 Å². The van der Waals surface area contributed by atoms with Crippen LogP contribution in [0.25, 0.3) is 0 Å². The van der Waals surface area contributed by atoms with Crippen LogP contribution in [0.3, 0.4) is 0 Å². The van der Waals surface area contributed by atoms with Crippen LogP contribution in [-0.2, 0) is 19.0 Å². The van der Waals surface area contributed by atoms with Gasteiger partial charge in [0.15, 0.2) is 0 Å². The minimum Gasteiger partial charge on any atom is -0.462 e. The molecule has 0 aromatic carbocycles. The van der Waals surface area contributed by atoms with Crippen LogP contribution < -0.4 is 5.73 Å². The molecule has 2 N–H and O–H groups in total. The molecule has 232 valence electrons. The quantitative estimate of drug-likeness (QED) is 0.348. The summed E-state index contributed by atoms with van der Waals surface area (Å²) in [7, 11) is 0. The number of fused-ring (bicyclic) bond motifs is 3. The molecule has 1 amide bonds. The second-order valence-electron chi connectivity index (χ2n) is 16.9. The molecule has 1 saturated heterocycles. The highest BCUT2D eigenvalue weighted by molar-refractivity contribution is 5.66. The van der Waals surface area contributed by atoms with Crippen LogP contribution in [0.5, 0.6) is 0 Å². The fourth-order valence-corrected chi connectivity index (χ4v) is 12.5. The van der Waals surface area contributed by atoms with E-state index in [1.165, 1.54) is 64.2 Å². The SMILES string of the molecule is CC(=O)OC1CCCC23CC4(CCCC5(C)CC6CCC(C(OC(N)=O)C(C)C)OC6CC5C4CCC2C1(C)C)C3. The number of primary amides is 1. The second kappa shape index (κ2) is 10.4. The van der Waals surface area contributed by atoms with Crippen molar-refractivity contribution >= 4 is 12.1 Å². The highest BCUT2D eigenvalue weighted by atomic mass is 16.6. The van der Waals surface area contributed by atoms with Gasteiger partial charge in [-0.15, -0.1) is 0 Å². The number of carbonyl (C=O) groups excluding carboxylic acids is 2. The Labute approximate surface area is 248 Å². The lowest BCUT2D eigenvalue weighted by Crippen LogP contribution is -2.57. The predicted octanol–water partition coefficient (Wildman–Crippen LogP) is 7.80. The molecule has 0 aromatic heterocycles. The van der Waals surface area contributed by atoms with Crippen molar-refractivity contribution in [1.29, 1.82) is 0 Å². The zero-order valence-electron chi connectivity index (χ0n) is 26.7. The summed E-state index contributed by atoms with van der Waals surface area (Å²) < 4.78 is 18.5. The highest BCUT2D eigenvalue weighted by Gasteiger charge is 2.68. The summed E-state index contributed by atoms with van der Waals surface area (Å²) in [5.74, 6) is 2.72. The molecule has 9 atom stereocenters. The maximum absolute atomic E-state index is 12.1. The number of nitrogens with two attached hydrogens (primary N) is 1. The lowest BCUT2D eigenvalue weighted by atomic mass is 9.41. The molecular formula is C35H57NO5. The van der Waals surface area contributed by atoms with Gasteiger partial charge in [-0.05, 0) is 129 Å². The van der Waals surface area contributed by atoms with Crippen LogP contribution in [0.2, 0.25) is 0 Å². The van der Waals surface area contributed by atoms with Gasteiger partial charge in [-0.25, -0.2) is 4.79 Å². The summed E-state index contributed by atoms with van der Waals surface area (Å²) in [4.78, 5) is 23.8. The number of ether oxygens (including phenoxy) is 3. The predicted molar refractivity (Wildman–Crippen MR) is 159 cm³/mol. The normalized spacial score (nSPS) is 47.4. The number of carbonyl (C=O) groups is 2. The topological polar surface area (TPSA) is 87.9 Å². The highest BCUT2D eigenvalue weighted by Crippen LogP contribution is 2.76. The molecule has 7 fully saturated rings. The molecule has 1 heterocycles. The van der Waals surface area contributed by atoms with Gasteiger partial charge in [0, 0.05) is 12.3 Å². The molecule has 7 rings (SSSR count). The maximum atomic E-state index is 12.1. The van der Waals surface area contributed by atoms with Gasteiger partial charge in [-0.3, -0.25) is 4.79 Å². The second-order valence-corrected chi connectivity index (χ2v) is 16.9. The summed E-state index contributed by atoms with van der Waals surface area (Å²) in [6.45, 7) is 13.2. The van der Waals surface area contributed by atoms with Gasteiger partial charge in [0.2, 0.25) is 0 Å². The zero-order chi connectivity index (χ0) is 29.4. The minimum atomic E-state index is -0.690. The molecular weight excluding hydrogens is 514 g/mol. The van der Waals surface area contributed by atoms with E-state index in [1.807, 2.05) is 0 Å². The standard InChI is InChI=1S/C35H57NO5/c1-21(2)30(41-31(36)38)26-12-10-23-18-33(6)14-8-16-34-19-35(20-34)15-7-9-29(39-22(3)37)32(4,5)28(35)13-11-24(34)25(33)17-27(23)40-26/h21,23-30H,7-20H2,1-6H3,(H2,36,38). The fourth-order valence-electron chi connectivity index (χ4n) is 12.5. The van der Waals surface area contributed by atoms with Crippen molar-refractivity contribution in [3.8, 4) is 0 Å². The van der Waals surface area contributed by atoms with E-state index in [1.54, 1.807) is 6.92 Å². The van der Waals surface area contributed by atoms with Gasteiger partial charge in [0.05, 0.1) is 12.2 Å². The summed E-state index contributed by atoms with van der Waals surface area (Å²) >= 11 is 0. The average Bonchev–Trinajstić information content (AvgIpc) is 3.19. The molecule has 0 aromatic rings. The van der Waals surface area contributed by atoms with E-state index in [9.17, 15) is 9.59 Å². The van der Waals surface area contributed by atoms with Crippen LogP contribution >= 0.6 is 0 Å². The number of amides is 1. The Kier molecular flexibility index (Phi) is 7.55. The van der Waals surface area contributed by atoms with Gasteiger partial charge in [0.1, 0.15) is 12.2 Å².